The molecule has 0 spiro atoms. The maximum absolute atomic E-state index is 10.6. The van der Waals surface area contributed by atoms with Gasteiger partial charge in [0.05, 0.1) is 0 Å². The molecule has 61 valence electrons. The molecule has 1 heterocycles. The summed E-state index contributed by atoms with van der Waals surface area (Å²) in [6.45, 7) is 0. The van der Waals surface area contributed by atoms with Crippen LogP contribution < -0.4 is 11.1 Å². The van der Waals surface area contributed by atoms with Crippen LogP contribution in [0.5, 0.6) is 0 Å². The van der Waals surface area contributed by atoms with E-state index in [1.807, 2.05) is 0 Å². The average Bonchev–Trinajstić information content (AvgIpc) is 2.05. The zero-order valence-corrected chi connectivity index (χ0v) is 6.07. The van der Waals surface area contributed by atoms with Gasteiger partial charge in [-0.3, -0.25) is 14.6 Å². The van der Waals surface area contributed by atoms with Crippen molar-refractivity contribution in [3.05, 3.63) is 24.0 Å². The van der Waals surface area contributed by atoms with E-state index in [2.05, 4.69) is 10.3 Å². The van der Waals surface area contributed by atoms with Crippen molar-refractivity contribution in [2.75, 3.05) is 5.32 Å². The highest BCUT2D eigenvalue weighted by Gasteiger charge is 2.01. The molecule has 3 N–H and O–H groups in total. The van der Waals surface area contributed by atoms with Gasteiger partial charge in [-0.05, 0) is 12.1 Å². The van der Waals surface area contributed by atoms with Crippen LogP contribution >= 0.6 is 0 Å². The van der Waals surface area contributed by atoms with Gasteiger partial charge in [0.2, 0.25) is 0 Å². The molecule has 1 rings (SSSR count). The van der Waals surface area contributed by atoms with E-state index < -0.39 is 5.91 Å². The standard InChI is InChI=1S/C7H6N3O2/c8-7(12)6-3-5(10-4-11)1-2-9-6/h1-3H,(H2,8,12)(H,9,10,11). The highest BCUT2D eigenvalue weighted by molar-refractivity contribution is 5.92. The Bertz CT molecular complexity index is 311. The van der Waals surface area contributed by atoms with Crippen molar-refractivity contribution in [3.63, 3.8) is 0 Å². The third-order valence-corrected chi connectivity index (χ3v) is 1.21. The molecule has 0 unspecified atom stereocenters. The third-order valence-electron chi connectivity index (χ3n) is 1.21. The van der Waals surface area contributed by atoms with Crippen molar-refractivity contribution in [2.45, 2.75) is 0 Å². The first kappa shape index (κ1) is 8.19. The number of nitrogens with one attached hydrogen (secondary N) is 1. The molecular weight excluding hydrogens is 158 g/mol. The summed E-state index contributed by atoms with van der Waals surface area (Å²) in [6, 6.07) is 2.89. The quantitative estimate of drug-likeness (QED) is 0.599. The molecule has 0 aromatic carbocycles. The minimum Gasteiger partial charge on any atom is -0.364 e. The number of aromatic nitrogens is 1. The lowest BCUT2D eigenvalue weighted by molar-refractivity contribution is 0.0995. The van der Waals surface area contributed by atoms with Crippen molar-refractivity contribution in [2.24, 2.45) is 5.73 Å². The monoisotopic (exact) mass is 164 g/mol. The van der Waals surface area contributed by atoms with E-state index in [-0.39, 0.29) is 5.69 Å². The highest BCUT2D eigenvalue weighted by Crippen LogP contribution is 2.05. The summed E-state index contributed by atoms with van der Waals surface area (Å²) in [4.78, 5) is 24.2. The lowest BCUT2D eigenvalue weighted by Gasteiger charge is -1.97. The SMILES string of the molecule is NC(=O)c1cc(N[C]=O)ccn1. The van der Waals surface area contributed by atoms with Crippen molar-refractivity contribution in [1.82, 2.24) is 4.98 Å². The largest absolute Gasteiger partial charge is 0.364 e. The molecule has 0 saturated heterocycles. The predicted octanol–water partition coefficient (Wildman–Crippen LogP) is -0.340. The van der Waals surface area contributed by atoms with Crippen LogP contribution in [0.25, 0.3) is 0 Å². The second kappa shape index (κ2) is 3.47. The van der Waals surface area contributed by atoms with Gasteiger partial charge < -0.3 is 11.1 Å². The van der Waals surface area contributed by atoms with E-state index in [0.29, 0.717) is 5.69 Å². The van der Waals surface area contributed by atoms with Crippen LogP contribution in [0.1, 0.15) is 10.5 Å². The Balaban J connectivity index is 2.95. The maximum atomic E-state index is 10.6. The van der Waals surface area contributed by atoms with Gasteiger partial charge in [-0.1, -0.05) is 0 Å². The van der Waals surface area contributed by atoms with Gasteiger partial charge in [-0.2, -0.15) is 0 Å². The highest BCUT2D eigenvalue weighted by atomic mass is 16.1. The Hall–Kier alpha value is -1.91. The van der Waals surface area contributed by atoms with E-state index in [1.165, 1.54) is 24.7 Å². The summed E-state index contributed by atoms with van der Waals surface area (Å²) in [5.41, 5.74) is 5.50. The van der Waals surface area contributed by atoms with Crippen molar-refractivity contribution >= 4 is 18.0 Å². The van der Waals surface area contributed by atoms with E-state index >= 15 is 0 Å². The zero-order chi connectivity index (χ0) is 8.97. The van der Waals surface area contributed by atoms with Gasteiger partial charge in [0.15, 0.2) is 0 Å². The molecule has 2 amide bonds. The Morgan fingerprint density at radius 1 is 1.67 bits per heavy atom. The number of hydrogen-bond donors (Lipinski definition) is 2. The van der Waals surface area contributed by atoms with Crippen LogP contribution in [0.15, 0.2) is 18.3 Å². The summed E-state index contributed by atoms with van der Waals surface area (Å²) in [5, 5.41) is 2.25. The second-order valence-corrected chi connectivity index (χ2v) is 2.02. The first-order valence-electron chi connectivity index (χ1n) is 3.13. The molecule has 5 heteroatoms. The minimum absolute atomic E-state index is 0.107. The molecule has 0 aliphatic rings. The fourth-order valence-corrected chi connectivity index (χ4v) is 0.702. The summed E-state index contributed by atoms with van der Waals surface area (Å²) >= 11 is 0. The predicted molar refractivity (Wildman–Crippen MR) is 42.1 cm³/mol. The van der Waals surface area contributed by atoms with Crippen LogP contribution in [0, 0.1) is 0 Å². The molecule has 1 aromatic rings. The number of nitrogens with zero attached hydrogens (tertiary/aromatic N) is 1. The molecule has 0 saturated carbocycles. The van der Waals surface area contributed by atoms with Crippen molar-refractivity contribution < 1.29 is 9.59 Å². The van der Waals surface area contributed by atoms with E-state index in [9.17, 15) is 9.59 Å². The van der Waals surface area contributed by atoms with E-state index in [0.717, 1.165) is 0 Å². The Morgan fingerprint density at radius 3 is 3.00 bits per heavy atom. The molecular formula is C7H6N3O2. The number of hydrogen-bond acceptors (Lipinski definition) is 3. The maximum Gasteiger partial charge on any atom is 0.314 e. The molecule has 0 atom stereocenters. The van der Waals surface area contributed by atoms with Crippen molar-refractivity contribution in [1.29, 1.82) is 0 Å². The minimum atomic E-state index is -0.635. The number of anilines is 1. The zero-order valence-electron chi connectivity index (χ0n) is 6.07. The molecule has 0 aliphatic carbocycles. The van der Waals surface area contributed by atoms with Crippen LogP contribution in [0.3, 0.4) is 0 Å². The van der Waals surface area contributed by atoms with Gasteiger partial charge in [0.25, 0.3) is 5.91 Å². The number of primary amides is 1. The smallest absolute Gasteiger partial charge is 0.314 e. The van der Waals surface area contributed by atoms with E-state index in [4.69, 9.17) is 5.73 Å². The number of rotatable bonds is 3. The van der Waals surface area contributed by atoms with Crippen LogP contribution in [-0.2, 0) is 4.79 Å². The number of amides is 2. The summed E-state index contributed by atoms with van der Waals surface area (Å²) in [5.74, 6) is -0.635. The summed E-state index contributed by atoms with van der Waals surface area (Å²) in [7, 11) is 0. The number of carbonyl (C=O) groups excluding carboxylic acids is 2. The molecule has 1 radical (unpaired) electrons. The first-order valence-corrected chi connectivity index (χ1v) is 3.13. The molecule has 12 heavy (non-hydrogen) atoms. The molecule has 0 bridgehead atoms. The van der Waals surface area contributed by atoms with Gasteiger partial charge in [-0.25, -0.2) is 0 Å². The second-order valence-electron chi connectivity index (χ2n) is 2.02. The lowest BCUT2D eigenvalue weighted by Crippen LogP contribution is -2.13. The van der Waals surface area contributed by atoms with Crippen LogP contribution in [-0.4, -0.2) is 17.3 Å². The van der Waals surface area contributed by atoms with Crippen LogP contribution in [0.2, 0.25) is 0 Å². The van der Waals surface area contributed by atoms with Gasteiger partial charge in [-0.15, -0.1) is 0 Å². The molecule has 5 nitrogen and oxygen atoms in total. The Morgan fingerprint density at radius 2 is 2.42 bits per heavy atom. The number of pyridine rings is 1. The average molecular weight is 164 g/mol. The number of carbonyl (C=O) groups is 1. The summed E-state index contributed by atoms with van der Waals surface area (Å²) in [6.07, 6.45) is 2.85. The fraction of sp³-hybridized carbons (Fsp3) is 0. The fourth-order valence-electron chi connectivity index (χ4n) is 0.702. The molecule has 0 fully saturated rings. The topological polar surface area (TPSA) is 85.1 Å². The van der Waals surface area contributed by atoms with Crippen molar-refractivity contribution in [3.8, 4) is 0 Å². The van der Waals surface area contributed by atoms with Gasteiger partial charge in [0.1, 0.15) is 5.69 Å². The van der Waals surface area contributed by atoms with Gasteiger partial charge >= 0.3 is 6.41 Å². The molecule has 1 aromatic heterocycles. The Kier molecular flexibility index (Phi) is 2.37. The summed E-state index contributed by atoms with van der Waals surface area (Å²) < 4.78 is 0. The normalized spacial score (nSPS) is 9.00. The number of nitrogens with two attached hydrogens (primary N) is 1. The third kappa shape index (κ3) is 1.79. The lowest BCUT2D eigenvalue weighted by atomic mass is 10.3. The first-order chi connectivity index (χ1) is 5.74. The van der Waals surface area contributed by atoms with E-state index in [1.54, 1.807) is 0 Å². The Labute approximate surface area is 68.6 Å². The van der Waals surface area contributed by atoms with Gasteiger partial charge in [0, 0.05) is 11.9 Å². The van der Waals surface area contributed by atoms with Crippen LogP contribution in [0.4, 0.5) is 5.69 Å². The molecule has 0 aliphatic heterocycles.